The van der Waals surface area contributed by atoms with Gasteiger partial charge in [-0.2, -0.15) is 0 Å². The normalized spacial score (nSPS) is 12.7. The summed E-state index contributed by atoms with van der Waals surface area (Å²) in [6.45, 7) is 2.13. The summed E-state index contributed by atoms with van der Waals surface area (Å²) in [5.74, 6) is -2.00. The lowest BCUT2D eigenvalue weighted by Gasteiger charge is -2.13. The topological polar surface area (TPSA) is 109 Å². The van der Waals surface area contributed by atoms with Crippen molar-refractivity contribution in [1.29, 1.82) is 0 Å². The number of rotatable bonds is 18. The summed E-state index contributed by atoms with van der Waals surface area (Å²) in [4.78, 5) is 33.7. The smallest absolute Gasteiger partial charge is 0.326 e. The molecule has 6 heteroatoms. The third-order valence-corrected chi connectivity index (χ3v) is 4.37. The molecule has 0 aliphatic heterocycles. The van der Waals surface area contributed by atoms with Gasteiger partial charge in [-0.1, -0.05) is 62.6 Å². The Morgan fingerprint density at radius 3 is 2.07 bits per heavy atom. The lowest BCUT2D eigenvalue weighted by molar-refractivity contribution is -0.142. The monoisotopic (exact) mass is 406 g/mol. The van der Waals surface area contributed by atoms with Crippen molar-refractivity contribution in [1.82, 2.24) is 5.32 Å². The van der Waals surface area contributed by atoms with E-state index in [2.05, 4.69) is 48.7 Å². The first-order valence-corrected chi connectivity index (χ1v) is 10.7. The quantitative estimate of drug-likeness (QED) is 0.231. The van der Waals surface area contributed by atoms with Gasteiger partial charge in [-0.25, -0.2) is 4.79 Å². The fourth-order valence-electron chi connectivity index (χ4n) is 2.72. The molecule has 0 saturated heterocycles. The number of carbonyl (C=O) groups is 3. The summed E-state index contributed by atoms with van der Waals surface area (Å²) in [5.41, 5.74) is 5.02. The first kappa shape index (κ1) is 26.6. The molecule has 164 valence electrons. The molecule has 0 aliphatic rings. The van der Waals surface area contributed by atoms with Crippen molar-refractivity contribution in [2.75, 3.05) is 0 Å². The Kier molecular flexibility index (Phi) is 17.4. The van der Waals surface area contributed by atoms with Gasteiger partial charge in [0.15, 0.2) is 0 Å². The largest absolute Gasteiger partial charge is 0.480 e. The lowest BCUT2D eigenvalue weighted by Crippen LogP contribution is -2.41. The number of hydrogen-bond acceptors (Lipinski definition) is 3. The van der Waals surface area contributed by atoms with Crippen molar-refractivity contribution in [3.8, 4) is 0 Å². The predicted molar refractivity (Wildman–Crippen MR) is 117 cm³/mol. The summed E-state index contributed by atoms with van der Waals surface area (Å²) in [7, 11) is 0. The van der Waals surface area contributed by atoms with Crippen molar-refractivity contribution in [3.05, 3.63) is 36.5 Å². The first-order chi connectivity index (χ1) is 14.0. The molecule has 0 aromatic carbocycles. The summed E-state index contributed by atoms with van der Waals surface area (Å²) >= 11 is 0. The van der Waals surface area contributed by atoms with Crippen LogP contribution in [0.2, 0.25) is 0 Å². The van der Waals surface area contributed by atoms with Crippen LogP contribution in [0.4, 0.5) is 0 Å². The van der Waals surface area contributed by atoms with Crippen LogP contribution in [-0.2, 0) is 14.4 Å². The predicted octanol–water partition coefficient (Wildman–Crippen LogP) is 4.41. The molecule has 4 N–H and O–H groups in total. The number of aliphatic carboxylic acids is 1. The Bertz CT molecular complexity index is 553. The third kappa shape index (κ3) is 18.7. The van der Waals surface area contributed by atoms with Gasteiger partial charge >= 0.3 is 5.97 Å². The molecule has 0 fully saturated rings. The van der Waals surface area contributed by atoms with Crippen molar-refractivity contribution in [2.45, 2.75) is 90.0 Å². The maximum atomic E-state index is 11.8. The van der Waals surface area contributed by atoms with Crippen LogP contribution < -0.4 is 11.1 Å². The highest BCUT2D eigenvalue weighted by Crippen LogP contribution is 2.08. The molecule has 0 heterocycles. The van der Waals surface area contributed by atoms with Gasteiger partial charge in [-0.15, -0.1) is 0 Å². The number of allylic oxidation sites excluding steroid dienone is 6. The molecule has 0 aliphatic carbocycles. The molecule has 0 rings (SSSR count). The van der Waals surface area contributed by atoms with E-state index in [-0.39, 0.29) is 18.7 Å². The summed E-state index contributed by atoms with van der Waals surface area (Å²) < 4.78 is 0. The average molecular weight is 407 g/mol. The zero-order chi connectivity index (χ0) is 21.7. The maximum Gasteiger partial charge on any atom is 0.326 e. The van der Waals surface area contributed by atoms with Gasteiger partial charge in [0, 0.05) is 12.8 Å². The first-order valence-electron chi connectivity index (χ1n) is 10.7. The van der Waals surface area contributed by atoms with Crippen molar-refractivity contribution >= 4 is 17.8 Å². The van der Waals surface area contributed by atoms with Crippen LogP contribution in [0.3, 0.4) is 0 Å². The molecule has 6 nitrogen and oxygen atoms in total. The van der Waals surface area contributed by atoms with E-state index in [0.717, 1.165) is 57.8 Å². The number of amides is 2. The van der Waals surface area contributed by atoms with E-state index in [1.54, 1.807) is 0 Å². The van der Waals surface area contributed by atoms with E-state index in [1.165, 1.54) is 0 Å². The maximum absolute atomic E-state index is 11.8. The van der Waals surface area contributed by atoms with Crippen LogP contribution in [0, 0.1) is 0 Å². The highest BCUT2D eigenvalue weighted by atomic mass is 16.4. The average Bonchev–Trinajstić information content (AvgIpc) is 2.67. The van der Waals surface area contributed by atoms with Crippen molar-refractivity contribution in [3.63, 3.8) is 0 Å². The molecule has 0 aromatic rings. The summed E-state index contributed by atoms with van der Waals surface area (Å²) in [6.07, 6.45) is 22.6. The van der Waals surface area contributed by atoms with Crippen LogP contribution in [0.5, 0.6) is 0 Å². The highest BCUT2D eigenvalue weighted by Gasteiger charge is 2.20. The highest BCUT2D eigenvalue weighted by molar-refractivity contribution is 5.84. The molecule has 1 atom stereocenters. The minimum atomic E-state index is -1.14. The number of carboxylic acid groups (broad SMARTS) is 1. The second-order valence-corrected chi connectivity index (χ2v) is 7.06. The fraction of sp³-hybridized carbons (Fsp3) is 0.609. The van der Waals surface area contributed by atoms with Gasteiger partial charge in [-0.05, 0) is 44.9 Å². The molecular weight excluding hydrogens is 368 g/mol. The van der Waals surface area contributed by atoms with Gasteiger partial charge in [0.25, 0.3) is 0 Å². The van der Waals surface area contributed by atoms with Gasteiger partial charge in [0.1, 0.15) is 6.04 Å². The minimum Gasteiger partial charge on any atom is -0.480 e. The van der Waals surface area contributed by atoms with Crippen LogP contribution in [-0.4, -0.2) is 28.9 Å². The third-order valence-electron chi connectivity index (χ3n) is 4.37. The number of carboxylic acids is 1. The number of carbonyl (C=O) groups excluding carboxylic acids is 2. The molecule has 0 radical (unpaired) electrons. The molecule has 0 bridgehead atoms. The van der Waals surface area contributed by atoms with Crippen LogP contribution in [0.1, 0.15) is 84.0 Å². The molecule has 0 spiro atoms. The lowest BCUT2D eigenvalue weighted by atomic mass is 10.1. The SMILES string of the molecule is CCC=CCC=CCC=CCCCCCCCC(=O)NC(CCC(N)=O)C(=O)O. The number of hydrogen-bond donors (Lipinski definition) is 3. The molecule has 0 saturated carbocycles. The van der Waals surface area contributed by atoms with Crippen LogP contribution >= 0.6 is 0 Å². The van der Waals surface area contributed by atoms with Crippen LogP contribution in [0.25, 0.3) is 0 Å². The van der Waals surface area contributed by atoms with Gasteiger partial charge in [0.05, 0.1) is 0 Å². The van der Waals surface area contributed by atoms with E-state index >= 15 is 0 Å². The Labute approximate surface area is 175 Å². The molecular formula is C23H38N2O4. The Morgan fingerprint density at radius 2 is 1.45 bits per heavy atom. The zero-order valence-electron chi connectivity index (χ0n) is 17.8. The molecule has 2 amide bonds. The molecule has 29 heavy (non-hydrogen) atoms. The molecule has 0 aromatic heterocycles. The Morgan fingerprint density at radius 1 is 0.862 bits per heavy atom. The number of nitrogens with two attached hydrogens (primary N) is 1. The molecule has 1 unspecified atom stereocenters. The Hall–Kier alpha value is -2.37. The number of unbranched alkanes of at least 4 members (excludes halogenated alkanes) is 5. The van der Waals surface area contributed by atoms with E-state index in [0.29, 0.717) is 6.42 Å². The minimum absolute atomic E-state index is 0.0234. The van der Waals surface area contributed by atoms with E-state index in [1.807, 2.05) is 0 Å². The van der Waals surface area contributed by atoms with E-state index < -0.39 is 17.9 Å². The van der Waals surface area contributed by atoms with Crippen molar-refractivity contribution in [2.24, 2.45) is 5.73 Å². The zero-order valence-corrected chi connectivity index (χ0v) is 17.8. The van der Waals surface area contributed by atoms with Crippen molar-refractivity contribution < 1.29 is 19.5 Å². The van der Waals surface area contributed by atoms with Gasteiger partial charge in [-0.3, -0.25) is 9.59 Å². The summed E-state index contributed by atoms with van der Waals surface area (Å²) in [5, 5.41) is 11.5. The fourth-order valence-corrected chi connectivity index (χ4v) is 2.72. The number of primary amides is 1. The van der Waals surface area contributed by atoms with E-state index in [4.69, 9.17) is 10.8 Å². The van der Waals surface area contributed by atoms with E-state index in [9.17, 15) is 14.4 Å². The van der Waals surface area contributed by atoms with Gasteiger partial charge in [0.2, 0.25) is 11.8 Å². The number of nitrogens with one attached hydrogen (secondary N) is 1. The Balaban J connectivity index is 3.65. The van der Waals surface area contributed by atoms with Gasteiger partial charge < -0.3 is 16.2 Å². The second-order valence-electron chi connectivity index (χ2n) is 7.06. The summed E-state index contributed by atoms with van der Waals surface area (Å²) in [6, 6.07) is -1.05. The standard InChI is InChI=1S/C23H38N2O4/c1-2-3-4-5-6-7-8-9-10-11-12-13-14-15-16-17-22(27)25-20(23(28)29)18-19-21(24)26/h3-4,6-7,9-10,20H,2,5,8,11-19H2,1H3,(H2,24,26)(H,25,27)(H,28,29). The second kappa shape index (κ2) is 19.0. The van der Waals surface area contributed by atoms with Crippen LogP contribution in [0.15, 0.2) is 36.5 Å².